The van der Waals surface area contributed by atoms with Gasteiger partial charge in [0.1, 0.15) is 0 Å². The molecule has 1 N–H and O–H groups in total. The minimum Gasteiger partial charge on any atom is -0.367 e. The lowest BCUT2D eigenvalue weighted by atomic mass is 9.95. The van der Waals surface area contributed by atoms with E-state index in [0.29, 0.717) is 25.7 Å². The third-order valence-corrected chi connectivity index (χ3v) is 5.63. The molecule has 0 unspecified atom stereocenters. The molecule has 2 heterocycles. The number of piperidine rings is 1. The zero-order valence-corrected chi connectivity index (χ0v) is 15.3. The first-order chi connectivity index (χ1) is 12.1. The van der Waals surface area contributed by atoms with Crippen LogP contribution in [0.25, 0.3) is 0 Å². The SMILES string of the molecule is CC(=O)N1CCC(C(=O)NCCN2c3ccccc3CC[C@@H]2C)CC1. The number of aryl methyl sites for hydroxylation is 1. The second-order valence-electron chi connectivity index (χ2n) is 7.28. The number of likely N-dealkylation sites (tertiary alicyclic amines) is 1. The number of nitrogens with one attached hydrogen (secondary N) is 1. The van der Waals surface area contributed by atoms with Crippen molar-refractivity contribution >= 4 is 17.5 Å². The van der Waals surface area contributed by atoms with Crippen molar-refractivity contribution in [2.24, 2.45) is 5.92 Å². The molecule has 0 bridgehead atoms. The number of benzene rings is 1. The molecule has 136 valence electrons. The standard InChI is InChI=1S/C20H29N3O2/c1-15-7-8-17-5-3-4-6-19(17)23(15)14-11-21-20(25)18-9-12-22(13-10-18)16(2)24/h3-6,15,18H,7-14H2,1-2H3,(H,21,25)/t15-/m0/s1. The minimum absolute atomic E-state index is 0.0432. The minimum atomic E-state index is 0.0432. The summed E-state index contributed by atoms with van der Waals surface area (Å²) in [4.78, 5) is 28.0. The molecule has 2 aliphatic heterocycles. The number of hydrogen-bond acceptors (Lipinski definition) is 3. The van der Waals surface area contributed by atoms with Gasteiger partial charge in [-0.3, -0.25) is 9.59 Å². The van der Waals surface area contributed by atoms with Crippen molar-refractivity contribution in [1.29, 1.82) is 0 Å². The monoisotopic (exact) mass is 343 g/mol. The molecule has 25 heavy (non-hydrogen) atoms. The predicted molar refractivity (Wildman–Crippen MR) is 99.6 cm³/mol. The maximum Gasteiger partial charge on any atom is 0.223 e. The van der Waals surface area contributed by atoms with E-state index >= 15 is 0 Å². The summed E-state index contributed by atoms with van der Waals surface area (Å²) < 4.78 is 0. The Balaban J connectivity index is 1.48. The third kappa shape index (κ3) is 4.14. The van der Waals surface area contributed by atoms with Crippen molar-refractivity contribution < 1.29 is 9.59 Å². The lowest BCUT2D eigenvalue weighted by molar-refractivity contribution is -0.133. The number of rotatable bonds is 4. The zero-order valence-electron chi connectivity index (χ0n) is 15.3. The van der Waals surface area contributed by atoms with Crippen LogP contribution in [0.1, 0.15) is 38.7 Å². The van der Waals surface area contributed by atoms with Crippen molar-refractivity contribution in [3.05, 3.63) is 29.8 Å². The molecule has 3 rings (SSSR count). The first kappa shape index (κ1) is 17.8. The van der Waals surface area contributed by atoms with Gasteiger partial charge in [0.25, 0.3) is 0 Å². The Kier molecular flexibility index (Phi) is 5.61. The van der Waals surface area contributed by atoms with Crippen LogP contribution in [0.5, 0.6) is 0 Å². The Labute approximate surface area is 150 Å². The lowest BCUT2D eigenvalue weighted by Gasteiger charge is -2.37. The molecule has 1 fully saturated rings. The van der Waals surface area contributed by atoms with E-state index in [9.17, 15) is 9.59 Å². The van der Waals surface area contributed by atoms with Crippen LogP contribution in [0.3, 0.4) is 0 Å². The quantitative estimate of drug-likeness (QED) is 0.912. The first-order valence-electron chi connectivity index (χ1n) is 9.44. The van der Waals surface area contributed by atoms with Gasteiger partial charge in [0.05, 0.1) is 0 Å². The van der Waals surface area contributed by atoms with Crippen molar-refractivity contribution in [3.63, 3.8) is 0 Å². The van der Waals surface area contributed by atoms with Crippen LogP contribution in [0.15, 0.2) is 24.3 Å². The summed E-state index contributed by atoms with van der Waals surface area (Å²) in [5.74, 6) is 0.291. The van der Waals surface area contributed by atoms with Crippen LogP contribution >= 0.6 is 0 Å². The first-order valence-corrected chi connectivity index (χ1v) is 9.44. The second-order valence-corrected chi connectivity index (χ2v) is 7.28. The van der Waals surface area contributed by atoms with Gasteiger partial charge in [0, 0.05) is 50.7 Å². The number of nitrogens with zero attached hydrogens (tertiary/aromatic N) is 2. The van der Waals surface area contributed by atoms with E-state index in [1.165, 1.54) is 11.3 Å². The average molecular weight is 343 g/mol. The highest BCUT2D eigenvalue weighted by Crippen LogP contribution is 2.29. The van der Waals surface area contributed by atoms with Crippen LogP contribution in [0.2, 0.25) is 0 Å². The van der Waals surface area contributed by atoms with Crippen molar-refractivity contribution in [3.8, 4) is 0 Å². The maximum absolute atomic E-state index is 12.4. The topological polar surface area (TPSA) is 52.7 Å². The Morgan fingerprint density at radius 1 is 1.16 bits per heavy atom. The normalized spacial score (nSPS) is 21.0. The summed E-state index contributed by atoms with van der Waals surface area (Å²) in [6, 6.07) is 9.08. The Bertz CT molecular complexity index is 623. The van der Waals surface area contributed by atoms with Crippen LogP contribution in [0, 0.1) is 5.92 Å². The van der Waals surface area contributed by atoms with Gasteiger partial charge in [-0.2, -0.15) is 0 Å². The van der Waals surface area contributed by atoms with Crippen LogP contribution in [-0.2, 0) is 16.0 Å². The molecule has 0 saturated carbocycles. The van der Waals surface area contributed by atoms with E-state index in [1.54, 1.807) is 6.92 Å². The molecule has 2 aliphatic rings. The molecule has 5 heteroatoms. The highest BCUT2D eigenvalue weighted by atomic mass is 16.2. The van der Waals surface area contributed by atoms with Gasteiger partial charge in [-0.1, -0.05) is 18.2 Å². The third-order valence-electron chi connectivity index (χ3n) is 5.63. The van der Waals surface area contributed by atoms with E-state index in [-0.39, 0.29) is 17.7 Å². The lowest BCUT2D eigenvalue weighted by Crippen LogP contribution is -2.45. The Hall–Kier alpha value is -2.04. The number of fused-ring (bicyclic) bond motifs is 1. The van der Waals surface area contributed by atoms with Gasteiger partial charge < -0.3 is 15.1 Å². The average Bonchev–Trinajstić information content (AvgIpc) is 2.63. The Morgan fingerprint density at radius 2 is 1.88 bits per heavy atom. The van der Waals surface area contributed by atoms with E-state index in [1.807, 2.05) is 4.90 Å². The summed E-state index contributed by atoms with van der Waals surface area (Å²) in [6.45, 7) is 6.77. The Morgan fingerprint density at radius 3 is 2.60 bits per heavy atom. The van der Waals surface area contributed by atoms with Gasteiger partial charge in [-0.15, -0.1) is 0 Å². The zero-order chi connectivity index (χ0) is 17.8. The smallest absolute Gasteiger partial charge is 0.223 e. The molecule has 0 spiro atoms. The number of carbonyl (C=O) groups is 2. The fraction of sp³-hybridized carbons (Fsp3) is 0.600. The molecular weight excluding hydrogens is 314 g/mol. The summed E-state index contributed by atoms with van der Waals surface area (Å²) in [7, 11) is 0. The van der Waals surface area contributed by atoms with E-state index in [2.05, 4.69) is 41.4 Å². The van der Waals surface area contributed by atoms with Crippen LogP contribution < -0.4 is 10.2 Å². The number of anilines is 1. The van der Waals surface area contributed by atoms with Crippen LogP contribution in [0.4, 0.5) is 5.69 Å². The molecule has 0 aromatic heterocycles. The van der Waals surface area contributed by atoms with Crippen LogP contribution in [-0.4, -0.2) is 48.9 Å². The summed E-state index contributed by atoms with van der Waals surface area (Å²) in [5, 5.41) is 3.11. The van der Waals surface area contributed by atoms with E-state index in [0.717, 1.165) is 32.2 Å². The predicted octanol–water partition coefficient (Wildman–Crippen LogP) is 2.20. The number of amides is 2. The van der Waals surface area contributed by atoms with Gasteiger partial charge >= 0.3 is 0 Å². The van der Waals surface area contributed by atoms with Crippen molar-refractivity contribution in [1.82, 2.24) is 10.2 Å². The number of para-hydroxylation sites is 1. The summed E-state index contributed by atoms with van der Waals surface area (Å²) in [5.41, 5.74) is 2.72. The second kappa shape index (κ2) is 7.89. The molecule has 1 saturated heterocycles. The van der Waals surface area contributed by atoms with Gasteiger partial charge in [-0.25, -0.2) is 0 Å². The molecule has 1 aromatic carbocycles. The summed E-state index contributed by atoms with van der Waals surface area (Å²) in [6.07, 6.45) is 3.84. The number of carbonyl (C=O) groups excluding carboxylic acids is 2. The molecule has 0 radical (unpaired) electrons. The molecule has 0 aliphatic carbocycles. The fourth-order valence-electron chi connectivity index (χ4n) is 4.00. The van der Waals surface area contributed by atoms with Gasteiger partial charge in [-0.05, 0) is 44.2 Å². The van der Waals surface area contributed by atoms with E-state index in [4.69, 9.17) is 0 Å². The summed E-state index contributed by atoms with van der Waals surface area (Å²) >= 11 is 0. The van der Waals surface area contributed by atoms with Crippen molar-refractivity contribution in [2.75, 3.05) is 31.1 Å². The maximum atomic E-state index is 12.4. The largest absolute Gasteiger partial charge is 0.367 e. The van der Waals surface area contributed by atoms with E-state index < -0.39 is 0 Å². The number of hydrogen-bond donors (Lipinski definition) is 1. The molecule has 1 atom stereocenters. The molecule has 1 aromatic rings. The molecule has 5 nitrogen and oxygen atoms in total. The van der Waals surface area contributed by atoms with Crippen molar-refractivity contribution in [2.45, 2.75) is 45.6 Å². The highest BCUT2D eigenvalue weighted by Gasteiger charge is 2.26. The molecular formula is C20H29N3O2. The highest BCUT2D eigenvalue weighted by molar-refractivity contribution is 5.79. The van der Waals surface area contributed by atoms with Gasteiger partial charge in [0.2, 0.25) is 11.8 Å². The molecule has 2 amide bonds. The fourth-order valence-corrected chi connectivity index (χ4v) is 4.00. The van der Waals surface area contributed by atoms with Gasteiger partial charge in [0.15, 0.2) is 0 Å².